The second-order valence-electron chi connectivity index (χ2n) is 5.63. The van der Waals surface area contributed by atoms with E-state index in [0.717, 1.165) is 5.69 Å². The number of aldehydes is 1. The lowest BCUT2D eigenvalue weighted by Crippen LogP contribution is -2.30. The number of nitrogens with zero attached hydrogens (tertiary/aromatic N) is 2. The molecule has 2 aromatic rings. The summed E-state index contributed by atoms with van der Waals surface area (Å²) in [7, 11) is 0. The van der Waals surface area contributed by atoms with Crippen LogP contribution in [0.3, 0.4) is 0 Å². The maximum absolute atomic E-state index is 12.3. The Balaban J connectivity index is 1.79. The van der Waals surface area contributed by atoms with Crippen molar-refractivity contribution < 1.29 is 14.3 Å². The number of para-hydroxylation sites is 1. The summed E-state index contributed by atoms with van der Waals surface area (Å²) in [5, 5.41) is 4.44. The van der Waals surface area contributed by atoms with E-state index >= 15 is 0 Å². The van der Waals surface area contributed by atoms with Gasteiger partial charge in [-0.25, -0.2) is 9.48 Å². The molecule has 0 saturated heterocycles. The molecule has 5 nitrogen and oxygen atoms in total. The molecule has 4 rings (SSSR count). The van der Waals surface area contributed by atoms with Gasteiger partial charge in [0.2, 0.25) is 0 Å². The van der Waals surface area contributed by atoms with Gasteiger partial charge in [-0.05, 0) is 18.2 Å². The fraction of sp³-hybridized carbons (Fsp3) is 0.105. The molecular weight excluding hydrogens is 304 g/mol. The van der Waals surface area contributed by atoms with Gasteiger partial charge in [0.15, 0.2) is 6.29 Å². The third kappa shape index (κ3) is 2.40. The predicted octanol–water partition coefficient (Wildman–Crippen LogP) is 2.74. The molecule has 2 heterocycles. The van der Waals surface area contributed by atoms with Crippen LogP contribution in [-0.4, -0.2) is 28.1 Å². The number of benzene rings is 1. The van der Waals surface area contributed by atoms with E-state index in [1.165, 1.54) is 0 Å². The molecule has 2 aliphatic rings. The van der Waals surface area contributed by atoms with Crippen molar-refractivity contribution in [2.24, 2.45) is 5.92 Å². The maximum atomic E-state index is 12.3. The normalized spacial score (nSPS) is 21.8. The van der Waals surface area contributed by atoms with E-state index in [2.05, 4.69) is 5.10 Å². The third-order valence-electron chi connectivity index (χ3n) is 4.09. The number of esters is 1. The average molecular weight is 318 g/mol. The summed E-state index contributed by atoms with van der Waals surface area (Å²) < 4.78 is 7.05. The Morgan fingerprint density at radius 2 is 1.92 bits per heavy atom. The van der Waals surface area contributed by atoms with Crippen molar-refractivity contribution in [3.8, 4) is 5.69 Å². The molecule has 0 radical (unpaired) electrons. The number of hydrogen-bond acceptors (Lipinski definition) is 4. The molecule has 1 aliphatic carbocycles. The Morgan fingerprint density at radius 3 is 2.71 bits per heavy atom. The van der Waals surface area contributed by atoms with E-state index in [-0.39, 0.29) is 12.0 Å². The van der Waals surface area contributed by atoms with Crippen LogP contribution in [0.2, 0.25) is 0 Å². The minimum absolute atomic E-state index is 0.0379. The Kier molecular flexibility index (Phi) is 3.46. The van der Waals surface area contributed by atoms with Crippen LogP contribution in [0.15, 0.2) is 66.9 Å². The minimum Gasteiger partial charge on any atom is -0.454 e. The quantitative estimate of drug-likeness (QED) is 0.645. The summed E-state index contributed by atoms with van der Waals surface area (Å²) in [6, 6.07) is 9.43. The molecule has 0 N–H and O–H groups in total. The van der Waals surface area contributed by atoms with Crippen LogP contribution in [0.5, 0.6) is 0 Å². The van der Waals surface area contributed by atoms with E-state index < -0.39 is 5.97 Å². The molecule has 5 heteroatoms. The van der Waals surface area contributed by atoms with Gasteiger partial charge in [-0.15, -0.1) is 0 Å². The van der Waals surface area contributed by atoms with Gasteiger partial charge in [0.1, 0.15) is 11.8 Å². The Labute approximate surface area is 138 Å². The second kappa shape index (κ2) is 5.77. The topological polar surface area (TPSA) is 61.2 Å². The van der Waals surface area contributed by atoms with Crippen molar-refractivity contribution in [3.63, 3.8) is 0 Å². The molecule has 1 aromatic carbocycles. The lowest BCUT2D eigenvalue weighted by atomic mass is 9.91. The van der Waals surface area contributed by atoms with Crippen LogP contribution in [0.25, 0.3) is 11.3 Å². The molecule has 1 aliphatic heterocycles. The van der Waals surface area contributed by atoms with Crippen molar-refractivity contribution in [2.75, 3.05) is 0 Å². The van der Waals surface area contributed by atoms with Crippen molar-refractivity contribution >= 4 is 17.8 Å². The number of allylic oxidation sites excluding steroid dienone is 2. The van der Waals surface area contributed by atoms with Crippen LogP contribution < -0.4 is 0 Å². The summed E-state index contributed by atoms with van der Waals surface area (Å²) in [4.78, 5) is 23.8. The van der Waals surface area contributed by atoms with Crippen LogP contribution in [0.4, 0.5) is 0 Å². The molecule has 1 aromatic heterocycles. The number of carbonyl (C=O) groups is 2. The largest absolute Gasteiger partial charge is 0.454 e. The summed E-state index contributed by atoms with van der Waals surface area (Å²) in [5.41, 5.74) is 1.85. The van der Waals surface area contributed by atoms with E-state index in [1.54, 1.807) is 10.9 Å². The van der Waals surface area contributed by atoms with E-state index in [9.17, 15) is 9.59 Å². The highest BCUT2D eigenvalue weighted by Gasteiger charge is 2.32. The Morgan fingerprint density at radius 1 is 1.12 bits per heavy atom. The predicted molar refractivity (Wildman–Crippen MR) is 88.6 cm³/mol. The maximum Gasteiger partial charge on any atom is 0.340 e. The van der Waals surface area contributed by atoms with Crippen molar-refractivity contribution in [3.05, 3.63) is 78.2 Å². The first-order valence-corrected chi connectivity index (χ1v) is 7.65. The average Bonchev–Trinajstić information content (AvgIpc) is 3.06. The standard InChI is InChI=1S/C19H14N2O3/c22-12-14-11-21(15-7-2-1-3-8-15)20-18(14)16-10-13-6-4-5-9-17(13)24-19(16)23/h1-13,17H/t13-,17+/m1/s1. The summed E-state index contributed by atoms with van der Waals surface area (Å²) in [6.07, 6.45) is 11.4. The van der Waals surface area contributed by atoms with Crippen molar-refractivity contribution in [1.82, 2.24) is 9.78 Å². The summed E-state index contributed by atoms with van der Waals surface area (Å²) in [5.74, 6) is -0.498. The van der Waals surface area contributed by atoms with Gasteiger partial charge < -0.3 is 4.74 Å². The molecule has 118 valence electrons. The van der Waals surface area contributed by atoms with Crippen LogP contribution in [0.1, 0.15) is 16.1 Å². The molecule has 0 saturated carbocycles. The fourth-order valence-corrected chi connectivity index (χ4v) is 2.89. The van der Waals surface area contributed by atoms with Gasteiger partial charge in [0.25, 0.3) is 0 Å². The molecule has 24 heavy (non-hydrogen) atoms. The van der Waals surface area contributed by atoms with E-state index in [0.29, 0.717) is 23.1 Å². The Hall–Kier alpha value is -3.21. The molecule has 0 bridgehead atoms. The monoisotopic (exact) mass is 318 g/mol. The molecular formula is C19H14N2O3. The SMILES string of the molecule is O=Cc1cn(-c2ccccc2)nc1C1=C[C@H]2C=CC=C[C@@H]2OC1=O. The number of aromatic nitrogens is 2. The third-order valence-corrected chi connectivity index (χ3v) is 4.09. The fourth-order valence-electron chi connectivity index (χ4n) is 2.89. The Bertz CT molecular complexity index is 891. The van der Waals surface area contributed by atoms with Crippen LogP contribution in [-0.2, 0) is 9.53 Å². The van der Waals surface area contributed by atoms with Gasteiger partial charge >= 0.3 is 5.97 Å². The molecule has 2 atom stereocenters. The van der Waals surface area contributed by atoms with Crippen LogP contribution in [0, 0.1) is 5.92 Å². The lowest BCUT2D eigenvalue weighted by Gasteiger charge is -2.27. The van der Waals surface area contributed by atoms with Gasteiger partial charge in [-0.2, -0.15) is 5.10 Å². The number of fused-ring (bicyclic) bond motifs is 1. The molecule has 0 unspecified atom stereocenters. The first kappa shape index (κ1) is 14.4. The van der Waals surface area contributed by atoms with Gasteiger partial charge in [0, 0.05) is 12.1 Å². The highest BCUT2D eigenvalue weighted by atomic mass is 16.5. The first-order valence-electron chi connectivity index (χ1n) is 7.65. The minimum atomic E-state index is -0.461. The molecule has 0 spiro atoms. The van der Waals surface area contributed by atoms with Gasteiger partial charge in [-0.3, -0.25) is 4.79 Å². The molecule has 0 fully saturated rings. The van der Waals surface area contributed by atoms with E-state index in [1.807, 2.05) is 60.7 Å². The lowest BCUT2D eigenvalue weighted by molar-refractivity contribution is -0.141. The van der Waals surface area contributed by atoms with Gasteiger partial charge in [0.05, 0.1) is 16.8 Å². The summed E-state index contributed by atoms with van der Waals surface area (Å²) in [6.45, 7) is 0. The summed E-state index contributed by atoms with van der Waals surface area (Å²) >= 11 is 0. The first-order chi connectivity index (χ1) is 11.8. The zero-order valence-corrected chi connectivity index (χ0v) is 12.7. The van der Waals surface area contributed by atoms with Crippen LogP contribution >= 0.6 is 0 Å². The van der Waals surface area contributed by atoms with E-state index in [4.69, 9.17) is 4.74 Å². The highest BCUT2D eigenvalue weighted by Crippen LogP contribution is 2.31. The highest BCUT2D eigenvalue weighted by molar-refractivity contribution is 6.18. The number of carbonyl (C=O) groups excluding carboxylic acids is 2. The smallest absolute Gasteiger partial charge is 0.340 e. The zero-order valence-electron chi connectivity index (χ0n) is 12.7. The zero-order chi connectivity index (χ0) is 16.5. The number of rotatable bonds is 3. The van der Waals surface area contributed by atoms with Crippen molar-refractivity contribution in [1.29, 1.82) is 0 Å². The number of hydrogen-bond donors (Lipinski definition) is 0. The molecule has 0 amide bonds. The second-order valence-corrected chi connectivity index (χ2v) is 5.63. The number of ether oxygens (including phenoxy) is 1. The van der Waals surface area contributed by atoms with Crippen molar-refractivity contribution in [2.45, 2.75) is 6.10 Å². The van der Waals surface area contributed by atoms with Gasteiger partial charge in [-0.1, -0.05) is 42.5 Å².